The number of nitrogens with two attached hydrogens (primary N) is 1. The van der Waals surface area contributed by atoms with Crippen LogP contribution in [0.4, 0.5) is 5.82 Å². The Morgan fingerprint density at radius 2 is 1.53 bits per heavy atom. The summed E-state index contributed by atoms with van der Waals surface area (Å²) in [4.78, 5) is 42.1. The smallest absolute Gasteiger partial charge is 0.357 e. The number of hydrogen-bond donors (Lipinski definition) is 1. The van der Waals surface area contributed by atoms with E-state index < -0.39 is 29.7 Å². The lowest BCUT2D eigenvalue weighted by atomic mass is 9.80. The van der Waals surface area contributed by atoms with E-state index in [0.717, 1.165) is 12.8 Å². The summed E-state index contributed by atoms with van der Waals surface area (Å²) in [6.45, 7) is 5.81. The van der Waals surface area contributed by atoms with E-state index >= 15 is 0 Å². The Labute approximate surface area is 188 Å². The van der Waals surface area contributed by atoms with E-state index in [4.69, 9.17) is 19.9 Å². The zero-order chi connectivity index (χ0) is 23.5. The average Bonchev–Trinajstić information content (AvgIpc) is 2.78. The number of nitrogens with zero attached hydrogens (tertiary/aromatic N) is 1. The fourth-order valence-corrected chi connectivity index (χ4v) is 3.29. The number of nitrogen functional groups attached to an aromatic ring is 1. The molecule has 0 spiro atoms. The number of benzene rings is 1. The van der Waals surface area contributed by atoms with Crippen molar-refractivity contribution >= 4 is 23.7 Å². The van der Waals surface area contributed by atoms with Crippen LogP contribution in [0.2, 0.25) is 0 Å². The van der Waals surface area contributed by atoms with Gasteiger partial charge in [-0.05, 0) is 31.9 Å². The zero-order valence-corrected chi connectivity index (χ0v) is 18.7. The fraction of sp³-hybridized carbons (Fsp3) is 0.417. The summed E-state index contributed by atoms with van der Waals surface area (Å²) in [6.07, 6.45) is 1.64. The van der Waals surface area contributed by atoms with Crippen molar-refractivity contribution in [3.63, 3.8) is 0 Å². The van der Waals surface area contributed by atoms with Gasteiger partial charge in [-0.2, -0.15) is 0 Å². The Hall–Kier alpha value is -3.42. The molecule has 1 aromatic carbocycles. The minimum Gasteiger partial charge on any atom is -0.465 e. The minimum absolute atomic E-state index is 0.0161. The van der Waals surface area contributed by atoms with Crippen molar-refractivity contribution in [1.29, 1.82) is 0 Å². The number of carbonyl (C=O) groups excluding carboxylic acids is 3. The summed E-state index contributed by atoms with van der Waals surface area (Å²) in [7, 11) is 0. The zero-order valence-electron chi connectivity index (χ0n) is 18.7. The molecular weight excluding hydrogens is 412 g/mol. The van der Waals surface area contributed by atoms with Gasteiger partial charge >= 0.3 is 17.9 Å². The van der Waals surface area contributed by atoms with Crippen LogP contribution in [0.25, 0.3) is 0 Å². The highest BCUT2D eigenvalue weighted by atomic mass is 16.6. The number of unbranched alkanes of at least 4 members (excludes halogenated alkanes) is 1. The number of aromatic nitrogens is 1. The van der Waals surface area contributed by atoms with Crippen molar-refractivity contribution in [3.05, 3.63) is 59.3 Å². The van der Waals surface area contributed by atoms with Gasteiger partial charge in [-0.1, -0.05) is 49.7 Å². The van der Waals surface area contributed by atoms with Gasteiger partial charge < -0.3 is 19.9 Å². The molecule has 2 aromatic rings. The first-order valence-corrected chi connectivity index (χ1v) is 10.8. The van der Waals surface area contributed by atoms with Crippen molar-refractivity contribution in [2.24, 2.45) is 5.92 Å². The van der Waals surface area contributed by atoms with E-state index in [9.17, 15) is 14.4 Å². The van der Waals surface area contributed by atoms with Crippen LogP contribution in [0.1, 0.15) is 61.1 Å². The maximum Gasteiger partial charge on any atom is 0.357 e. The molecule has 0 saturated heterocycles. The van der Waals surface area contributed by atoms with Gasteiger partial charge in [-0.3, -0.25) is 9.59 Å². The highest BCUT2D eigenvalue weighted by molar-refractivity contribution is 5.97. The van der Waals surface area contributed by atoms with Crippen LogP contribution >= 0.6 is 0 Å². The molecule has 32 heavy (non-hydrogen) atoms. The van der Waals surface area contributed by atoms with Gasteiger partial charge in [-0.25, -0.2) is 9.78 Å². The SMILES string of the molecule is CCCCOC(=O)c1ccc(C(c2ccccc2)C(C(=O)OCC)C(=O)OCC)c(N)n1. The van der Waals surface area contributed by atoms with E-state index in [1.807, 2.05) is 13.0 Å². The predicted molar refractivity (Wildman–Crippen MR) is 119 cm³/mol. The van der Waals surface area contributed by atoms with Gasteiger partial charge in [0.05, 0.1) is 19.8 Å². The predicted octanol–water partition coefficient (Wildman–Crippen LogP) is 3.50. The molecule has 0 aliphatic heterocycles. The first-order valence-electron chi connectivity index (χ1n) is 10.8. The molecule has 8 nitrogen and oxygen atoms in total. The standard InChI is InChI=1S/C24H30N2O6/c1-4-7-15-32-22(27)18-14-13-17(21(25)26-18)19(16-11-9-8-10-12-16)20(23(28)30-5-2)24(29)31-6-3/h8-14,19-20H,4-7,15H2,1-3H3,(H2,25,26). The lowest BCUT2D eigenvalue weighted by Gasteiger charge is -2.26. The first-order chi connectivity index (χ1) is 15.4. The van der Waals surface area contributed by atoms with Crippen LogP contribution in [0.15, 0.2) is 42.5 Å². The number of hydrogen-bond acceptors (Lipinski definition) is 8. The Bertz CT molecular complexity index is 898. The molecule has 0 amide bonds. The second kappa shape index (κ2) is 12.4. The van der Waals surface area contributed by atoms with Crippen LogP contribution in [0.3, 0.4) is 0 Å². The van der Waals surface area contributed by atoms with Crippen LogP contribution in [0, 0.1) is 5.92 Å². The number of carbonyl (C=O) groups is 3. The highest BCUT2D eigenvalue weighted by Gasteiger charge is 2.40. The quantitative estimate of drug-likeness (QED) is 0.243. The number of anilines is 1. The third-order valence-corrected chi connectivity index (χ3v) is 4.81. The summed E-state index contributed by atoms with van der Waals surface area (Å²) in [6, 6.07) is 12.0. The summed E-state index contributed by atoms with van der Waals surface area (Å²) in [5.74, 6) is -4.11. The molecule has 172 valence electrons. The van der Waals surface area contributed by atoms with Crippen LogP contribution in [-0.2, 0) is 23.8 Å². The summed E-state index contributed by atoms with van der Waals surface area (Å²) >= 11 is 0. The van der Waals surface area contributed by atoms with Gasteiger partial charge in [0, 0.05) is 11.5 Å². The van der Waals surface area contributed by atoms with E-state index in [1.165, 1.54) is 6.07 Å². The largest absolute Gasteiger partial charge is 0.465 e. The molecule has 0 bridgehead atoms. The van der Waals surface area contributed by atoms with Crippen LogP contribution < -0.4 is 5.73 Å². The molecule has 1 heterocycles. The van der Waals surface area contributed by atoms with Crippen molar-refractivity contribution in [3.8, 4) is 0 Å². The molecule has 1 atom stereocenters. The number of esters is 3. The lowest BCUT2D eigenvalue weighted by Crippen LogP contribution is -2.34. The molecule has 2 N–H and O–H groups in total. The molecule has 0 radical (unpaired) electrons. The van der Waals surface area contributed by atoms with Crippen molar-refractivity contribution < 1.29 is 28.6 Å². The van der Waals surface area contributed by atoms with Gasteiger partial charge in [0.25, 0.3) is 0 Å². The van der Waals surface area contributed by atoms with Gasteiger partial charge in [-0.15, -0.1) is 0 Å². The number of ether oxygens (including phenoxy) is 3. The molecule has 1 aromatic heterocycles. The third kappa shape index (κ3) is 6.29. The Morgan fingerprint density at radius 3 is 2.06 bits per heavy atom. The van der Waals surface area contributed by atoms with E-state index in [0.29, 0.717) is 17.7 Å². The Morgan fingerprint density at radius 1 is 0.906 bits per heavy atom. The van der Waals surface area contributed by atoms with Gasteiger partial charge in [0.15, 0.2) is 11.6 Å². The molecule has 0 aliphatic carbocycles. The minimum atomic E-state index is -1.29. The fourth-order valence-electron chi connectivity index (χ4n) is 3.29. The normalized spacial score (nSPS) is 11.6. The van der Waals surface area contributed by atoms with Gasteiger partial charge in [0.1, 0.15) is 5.82 Å². The number of rotatable bonds is 11. The van der Waals surface area contributed by atoms with Crippen molar-refractivity contribution in [1.82, 2.24) is 4.98 Å². The topological polar surface area (TPSA) is 118 Å². The molecular formula is C24H30N2O6. The second-order valence-electron chi connectivity index (χ2n) is 7.03. The molecule has 2 rings (SSSR count). The Kier molecular flexibility index (Phi) is 9.66. The molecule has 8 heteroatoms. The summed E-state index contributed by atoms with van der Waals surface area (Å²) in [5, 5.41) is 0. The van der Waals surface area contributed by atoms with E-state index in [-0.39, 0.29) is 24.7 Å². The van der Waals surface area contributed by atoms with Gasteiger partial charge in [0.2, 0.25) is 0 Å². The Balaban J connectivity index is 2.52. The molecule has 1 unspecified atom stereocenters. The summed E-state index contributed by atoms with van der Waals surface area (Å²) < 4.78 is 15.5. The van der Waals surface area contributed by atoms with Crippen molar-refractivity contribution in [2.45, 2.75) is 39.5 Å². The lowest BCUT2D eigenvalue weighted by molar-refractivity contribution is -0.162. The average molecular weight is 443 g/mol. The van der Waals surface area contributed by atoms with E-state index in [1.54, 1.807) is 44.2 Å². The highest BCUT2D eigenvalue weighted by Crippen LogP contribution is 2.36. The second-order valence-corrected chi connectivity index (χ2v) is 7.03. The third-order valence-electron chi connectivity index (χ3n) is 4.81. The van der Waals surface area contributed by atoms with E-state index in [2.05, 4.69) is 4.98 Å². The molecule has 0 fully saturated rings. The maximum atomic E-state index is 12.8. The van der Waals surface area contributed by atoms with Crippen molar-refractivity contribution in [2.75, 3.05) is 25.6 Å². The molecule has 0 aliphatic rings. The maximum absolute atomic E-state index is 12.8. The first kappa shape index (κ1) is 24.8. The summed E-state index contributed by atoms with van der Waals surface area (Å²) in [5.41, 5.74) is 7.34. The van der Waals surface area contributed by atoms with Crippen LogP contribution in [0.5, 0.6) is 0 Å². The number of pyridine rings is 1. The van der Waals surface area contributed by atoms with Crippen LogP contribution in [-0.4, -0.2) is 42.7 Å². The monoisotopic (exact) mass is 442 g/mol. The molecule has 0 saturated carbocycles.